The second-order valence-electron chi connectivity index (χ2n) is 6.44. The van der Waals surface area contributed by atoms with Crippen LogP contribution in [0.1, 0.15) is 12.8 Å². The molecule has 0 spiro atoms. The Labute approximate surface area is 146 Å². The lowest BCUT2D eigenvalue weighted by atomic mass is 9.98. The van der Waals surface area contributed by atoms with E-state index in [1.807, 2.05) is 48.5 Å². The van der Waals surface area contributed by atoms with Gasteiger partial charge in [0.2, 0.25) is 0 Å². The van der Waals surface area contributed by atoms with Crippen LogP contribution in [0.4, 0.5) is 5.82 Å². The monoisotopic (exact) mass is 335 g/mol. The Morgan fingerprint density at radius 3 is 2.60 bits per heavy atom. The first kappa shape index (κ1) is 15.7. The Bertz CT molecular complexity index is 899. The molecule has 4 rings (SSSR count). The molecule has 25 heavy (non-hydrogen) atoms. The maximum atomic E-state index is 12.2. The minimum Gasteiger partial charge on any atom is -0.493 e. The van der Waals surface area contributed by atoms with E-state index < -0.39 is 0 Å². The van der Waals surface area contributed by atoms with E-state index >= 15 is 0 Å². The Morgan fingerprint density at radius 2 is 1.80 bits per heavy atom. The molecule has 0 bridgehead atoms. The smallest absolute Gasteiger partial charge is 0.259 e. The van der Waals surface area contributed by atoms with Gasteiger partial charge in [-0.15, -0.1) is 0 Å². The van der Waals surface area contributed by atoms with Crippen molar-refractivity contribution in [3.63, 3.8) is 0 Å². The van der Waals surface area contributed by atoms with E-state index in [1.54, 1.807) is 16.7 Å². The lowest BCUT2D eigenvalue weighted by molar-refractivity contribution is 0.222. The van der Waals surface area contributed by atoms with Crippen molar-refractivity contribution in [1.82, 2.24) is 9.38 Å². The minimum absolute atomic E-state index is 0.0323. The van der Waals surface area contributed by atoms with Gasteiger partial charge in [0, 0.05) is 25.4 Å². The zero-order valence-corrected chi connectivity index (χ0v) is 14.0. The van der Waals surface area contributed by atoms with Gasteiger partial charge in [-0.3, -0.25) is 9.20 Å². The summed E-state index contributed by atoms with van der Waals surface area (Å²) in [6, 6.07) is 17.2. The number of piperidine rings is 1. The van der Waals surface area contributed by atoms with Crippen molar-refractivity contribution >= 4 is 11.5 Å². The van der Waals surface area contributed by atoms with Gasteiger partial charge in [0.15, 0.2) is 0 Å². The number of pyridine rings is 1. The van der Waals surface area contributed by atoms with E-state index in [2.05, 4.69) is 9.88 Å². The van der Waals surface area contributed by atoms with E-state index in [0.717, 1.165) is 44.1 Å². The predicted octanol–water partition coefficient (Wildman–Crippen LogP) is 2.99. The SMILES string of the molecule is O=c1cc(N2CCC(COc3ccccc3)CC2)nc2ccccn12. The van der Waals surface area contributed by atoms with Gasteiger partial charge in [0.1, 0.15) is 17.2 Å². The molecule has 0 unspecified atom stereocenters. The van der Waals surface area contributed by atoms with Crippen molar-refractivity contribution in [2.45, 2.75) is 12.8 Å². The summed E-state index contributed by atoms with van der Waals surface area (Å²) < 4.78 is 7.45. The molecule has 0 amide bonds. The number of hydrogen-bond acceptors (Lipinski definition) is 4. The highest BCUT2D eigenvalue weighted by atomic mass is 16.5. The third kappa shape index (κ3) is 3.50. The molecule has 0 radical (unpaired) electrons. The molecule has 2 aromatic heterocycles. The first-order valence-electron chi connectivity index (χ1n) is 8.71. The van der Waals surface area contributed by atoms with Crippen LogP contribution < -0.4 is 15.2 Å². The Hall–Kier alpha value is -2.82. The van der Waals surface area contributed by atoms with Crippen LogP contribution in [-0.2, 0) is 0 Å². The van der Waals surface area contributed by atoms with Gasteiger partial charge >= 0.3 is 0 Å². The van der Waals surface area contributed by atoms with Crippen molar-refractivity contribution in [2.24, 2.45) is 5.92 Å². The normalized spacial score (nSPS) is 15.4. The quantitative estimate of drug-likeness (QED) is 0.735. The molecule has 1 saturated heterocycles. The largest absolute Gasteiger partial charge is 0.493 e. The fourth-order valence-electron chi connectivity index (χ4n) is 3.26. The number of rotatable bonds is 4. The number of para-hydroxylation sites is 1. The molecule has 5 nitrogen and oxygen atoms in total. The molecule has 1 aliphatic rings. The van der Waals surface area contributed by atoms with Crippen molar-refractivity contribution in [3.8, 4) is 5.75 Å². The molecule has 0 atom stereocenters. The summed E-state index contributed by atoms with van der Waals surface area (Å²) in [5.41, 5.74) is 0.662. The number of nitrogens with zero attached hydrogens (tertiary/aromatic N) is 3. The number of benzene rings is 1. The fraction of sp³-hybridized carbons (Fsp3) is 0.300. The predicted molar refractivity (Wildman–Crippen MR) is 98.3 cm³/mol. The van der Waals surface area contributed by atoms with Crippen LogP contribution in [-0.4, -0.2) is 29.1 Å². The maximum absolute atomic E-state index is 12.2. The van der Waals surface area contributed by atoms with Crippen LogP contribution in [0.3, 0.4) is 0 Å². The van der Waals surface area contributed by atoms with E-state index in [1.165, 1.54) is 0 Å². The zero-order chi connectivity index (χ0) is 17.1. The summed E-state index contributed by atoms with van der Waals surface area (Å²) in [5, 5.41) is 0. The third-order valence-corrected chi connectivity index (χ3v) is 4.72. The molecule has 0 N–H and O–H groups in total. The molecule has 3 aromatic rings. The van der Waals surface area contributed by atoms with Gasteiger partial charge in [-0.2, -0.15) is 0 Å². The number of ether oxygens (including phenoxy) is 1. The van der Waals surface area contributed by atoms with Crippen LogP contribution in [0.15, 0.2) is 65.6 Å². The fourth-order valence-corrected chi connectivity index (χ4v) is 3.26. The van der Waals surface area contributed by atoms with Gasteiger partial charge in [0.25, 0.3) is 5.56 Å². The first-order valence-corrected chi connectivity index (χ1v) is 8.71. The first-order chi connectivity index (χ1) is 12.3. The van der Waals surface area contributed by atoms with E-state index in [0.29, 0.717) is 11.6 Å². The van der Waals surface area contributed by atoms with Gasteiger partial charge in [-0.05, 0) is 43.0 Å². The van der Waals surface area contributed by atoms with Crippen LogP contribution in [0, 0.1) is 5.92 Å². The van der Waals surface area contributed by atoms with Crippen molar-refractivity contribution in [1.29, 1.82) is 0 Å². The molecule has 1 aliphatic heterocycles. The molecule has 1 fully saturated rings. The Balaban J connectivity index is 1.39. The van der Waals surface area contributed by atoms with Crippen molar-refractivity contribution in [2.75, 3.05) is 24.6 Å². The number of aromatic nitrogens is 2. The van der Waals surface area contributed by atoms with Gasteiger partial charge in [0.05, 0.1) is 6.61 Å². The highest BCUT2D eigenvalue weighted by Crippen LogP contribution is 2.22. The average molecular weight is 335 g/mol. The second kappa shape index (κ2) is 6.97. The average Bonchev–Trinajstić information content (AvgIpc) is 2.68. The maximum Gasteiger partial charge on any atom is 0.259 e. The second-order valence-corrected chi connectivity index (χ2v) is 6.44. The van der Waals surface area contributed by atoms with Crippen LogP contribution in [0.5, 0.6) is 5.75 Å². The van der Waals surface area contributed by atoms with Gasteiger partial charge in [-0.25, -0.2) is 4.98 Å². The van der Waals surface area contributed by atoms with Gasteiger partial charge < -0.3 is 9.64 Å². The summed E-state index contributed by atoms with van der Waals surface area (Å²) in [6.07, 6.45) is 3.84. The lowest BCUT2D eigenvalue weighted by Gasteiger charge is -2.32. The zero-order valence-electron chi connectivity index (χ0n) is 14.0. The molecule has 5 heteroatoms. The van der Waals surface area contributed by atoms with Crippen molar-refractivity contribution < 1.29 is 4.74 Å². The van der Waals surface area contributed by atoms with E-state index in [9.17, 15) is 4.79 Å². The topological polar surface area (TPSA) is 46.8 Å². The molecule has 3 heterocycles. The molecule has 0 saturated carbocycles. The molecular weight excluding hydrogens is 314 g/mol. The Morgan fingerprint density at radius 1 is 1.04 bits per heavy atom. The molecule has 1 aromatic carbocycles. The number of fused-ring (bicyclic) bond motifs is 1. The highest BCUT2D eigenvalue weighted by Gasteiger charge is 2.21. The van der Waals surface area contributed by atoms with Crippen LogP contribution in [0.25, 0.3) is 5.65 Å². The molecule has 0 aliphatic carbocycles. The minimum atomic E-state index is -0.0323. The third-order valence-electron chi connectivity index (χ3n) is 4.72. The van der Waals surface area contributed by atoms with E-state index in [-0.39, 0.29) is 5.56 Å². The highest BCUT2D eigenvalue weighted by molar-refractivity contribution is 5.48. The van der Waals surface area contributed by atoms with Crippen molar-refractivity contribution in [3.05, 3.63) is 71.1 Å². The van der Waals surface area contributed by atoms with Gasteiger partial charge in [-0.1, -0.05) is 24.3 Å². The summed E-state index contributed by atoms with van der Waals surface area (Å²) in [6.45, 7) is 2.54. The number of hydrogen-bond donors (Lipinski definition) is 0. The standard InChI is InChI=1S/C20H21N3O2/c24-20-14-19(21-18-8-4-5-11-23(18)20)22-12-9-16(10-13-22)15-25-17-6-2-1-3-7-17/h1-8,11,14,16H,9-10,12-13,15H2. The summed E-state index contributed by atoms with van der Waals surface area (Å²) >= 11 is 0. The summed E-state index contributed by atoms with van der Waals surface area (Å²) in [5.74, 6) is 2.24. The Kier molecular flexibility index (Phi) is 4.37. The molecular formula is C20H21N3O2. The summed E-state index contributed by atoms with van der Waals surface area (Å²) in [4.78, 5) is 19.1. The lowest BCUT2D eigenvalue weighted by Crippen LogP contribution is -2.36. The van der Waals surface area contributed by atoms with E-state index in [4.69, 9.17) is 4.74 Å². The number of anilines is 1. The van der Waals surface area contributed by atoms with Crippen LogP contribution >= 0.6 is 0 Å². The summed E-state index contributed by atoms with van der Waals surface area (Å²) in [7, 11) is 0. The molecule has 128 valence electrons. The van der Waals surface area contributed by atoms with Crippen LogP contribution in [0.2, 0.25) is 0 Å².